The molecule has 2 aromatic carbocycles. The molecule has 4 atom stereocenters. The highest BCUT2D eigenvalue weighted by Crippen LogP contribution is 2.19. The maximum Gasteiger partial charge on any atom is 0.305 e. The fourth-order valence-electron chi connectivity index (χ4n) is 4.45. The van der Waals surface area contributed by atoms with Crippen LogP contribution in [0.3, 0.4) is 0 Å². The average Bonchev–Trinajstić information content (AvgIpc) is 3.35. The number of hydrogen-bond acceptors (Lipinski definition) is 6. The minimum Gasteiger partial charge on any atom is -0.481 e. The molecular formula is C29H37ClN6O6. The van der Waals surface area contributed by atoms with Crippen molar-refractivity contribution in [2.24, 2.45) is 11.5 Å². The number of carboxylic acid groups (broad SMARTS) is 1. The van der Waals surface area contributed by atoms with Crippen LogP contribution < -0.4 is 27.4 Å². The molecule has 3 aromatic rings. The number of carbonyl (C=O) groups is 5. The van der Waals surface area contributed by atoms with Crippen molar-refractivity contribution in [2.45, 2.75) is 63.2 Å². The number of H-pyrrole nitrogens is 1. The molecule has 0 spiro atoms. The molecule has 0 aliphatic carbocycles. The number of amides is 4. The van der Waals surface area contributed by atoms with Crippen molar-refractivity contribution >= 4 is 52.9 Å². The fraction of sp³-hybridized carbons (Fsp3) is 0.345. The van der Waals surface area contributed by atoms with Gasteiger partial charge < -0.3 is 37.5 Å². The molecule has 42 heavy (non-hydrogen) atoms. The predicted molar refractivity (Wildman–Crippen MR) is 159 cm³/mol. The molecule has 0 saturated carbocycles. The second-order valence-electron chi connectivity index (χ2n) is 9.79. The Kier molecular flexibility index (Phi) is 13.0. The topological polar surface area (TPSA) is 209 Å². The first kappa shape index (κ1) is 33.8. The first-order valence-corrected chi connectivity index (χ1v) is 13.4. The third-order valence-electron chi connectivity index (χ3n) is 6.65. The minimum absolute atomic E-state index is 0. The van der Waals surface area contributed by atoms with Gasteiger partial charge in [0.25, 0.3) is 0 Å². The summed E-state index contributed by atoms with van der Waals surface area (Å²) in [5.74, 6) is -4.44. The van der Waals surface area contributed by atoms with Crippen LogP contribution in [-0.4, -0.2) is 57.8 Å². The van der Waals surface area contributed by atoms with Crippen molar-refractivity contribution < 1.29 is 29.1 Å². The summed E-state index contributed by atoms with van der Waals surface area (Å²) in [6, 6.07) is 11.0. The number of primary amides is 1. The Morgan fingerprint density at radius 3 is 2.14 bits per heavy atom. The van der Waals surface area contributed by atoms with Crippen LogP contribution in [0.15, 0.2) is 60.8 Å². The van der Waals surface area contributed by atoms with Crippen LogP contribution in [0, 0.1) is 0 Å². The molecule has 0 aliphatic rings. The van der Waals surface area contributed by atoms with Crippen molar-refractivity contribution in [3.8, 4) is 0 Å². The second-order valence-corrected chi connectivity index (χ2v) is 9.79. The van der Waals surface area contributed by atoms with Crippen molar-refractivity contribution in [2.75, 3.05) is 0 Å². The van der Waals surface area contributed by atoms with Crippen LogP contribution >= 0.6 is 12.4 Å². The van der Waals surface area contributed by atoms with Gasteiger partial charge >= 0.3 is 5.97 Å². The zero-order chi connectivity index (χ0) is 29.9. The van der Waals surface area contributed by atoms with E-state index in [4.69, 9.17) is 11.5 Å². The van der Waals surface area contributed by atoms with E-state index in [0.717, 1.165) is 22.9 Å². The maximum absolute atomic E-state index is 13.2. The molecule has 0 aliphatic heterocycles. The Labute approximate surface area is 249 Å². The van der Waals surface area contributed by atoms with Gasteiger partial charge in [-0.05, 0) is 30.0 Å². The molecule has 0 saturated heterocycles. The number of nitrogens with two attached hydrogens (primary N) is 2. The third kappa shape index (κ3) is 9.32. The Morgan fingerprint density at radius 1 is 0.881 bits per heavy atom. The predicted octanol–water partition coefficient (Wildman–Crippen LogP) is 1.44. The molecule has 0 unspecified atom stereocenters. The smallest absolute Gasteiger partial charge is 0.305 e. The molecule has 1 aromatic heterocycles. The van der Waals surface area contributed by atoms with E-state index in [1.54, 1.807) is 36.5 Å². The van der Waals surface area contributed by atoms with Crippen LogP contribution in [-0.2, 0) is 30.4 Å². The zero-order valence-corrected chi connectivity index (χ0v) is 24.0. The Morgan fingerprint density at radius 2 is 1.50 bits per heavy atom. The fourth-order valence-corrected chi connectivity index (χ4v) is 4.45. The van der Waals surface area contributed by atoms with Crippen molar-refractivity contribution in [1.82, 2.24) is 20.9 Å². The first-order chi connectivity index (χ1) is 19.6. The molecule has 0 bridgehead atoms. The number of para-hydroxylation sites is 1. The summed E-state index contributed by atoms with van der Waals surface area (Å²) in [6.07, 6.45) is 2.77. The van der Waals surface area contributed by atoms with Crippen LogP contribution in [0.2, 0.25) is 0 Å². The van der Waals surface area contributed by atoms with E-state index in [1.165, 1.54) is 0 Å². The van der Waals surface area contributed by atoms with Gasteiger partial charge in [-0.15, -0.1) is 12.4 Å². The summed E-state index contributed by atoms with van der Waals surface area (Å²) in [5.41, 5.74) is 13.8. The van der Waals surface area contributed by atoms with Crippen molar-refractivity contribution in [3.63, 3.8) is 0 Å². The lowest BCUT2D eigenvalue weighted by molar-refractivity contribution is -0.141. The maximum atomic E-state index is 13.2. The summed E-state index contributed by atoms with van der Waals surface area (Å²) in [5, 5.41) is 17.8. The number of aliphatic carboxylic acids is 1. The standard InChI is InChI=1S/C29H36N6O6.ClH/c1-2-3-12-22(33-27(39)20(30)14-18-16-32-21-13-8-7-11-19(18)21)28(40)34-23(15-24(36)37)29(41)35-25(26(31)38)17-9-5-4-6-10-17;/h4-11,13,16,20,22-23,25,32H,2-3,12,14-15,30H2,1H3,(H2,31,38)(H,33,39)(H,34,40)(H,35,41)(H,36,37);1H/t20-,22-,23-,25+;/m0./s1. The van der Waals surface area contributed by atoms with Gasteiger partial charge in [0.05, 0.1) is 12.5 Å². The molecule has 12 nitrogen and oxygen atoms in total. The number of hydrogen-bond donors (Lipinski definition) is 7. The molecule has 3 rings (SSSR count). The van der Waals surface area contributed by atoms with Crippen molar-refractivity contribution in [1.29, 1.82) is 0 Å². The highest BCUT2D eigenvalue weighted by Gasteiger charge is 2.31. The molecule has 13 heteroatoms. The third-order valence-corrected chi connectivity index (χ3v) is 6.65. The molecular weight excluding hydrogens is 564 g/mol. The van der Waals surface area contributed by atoms with Gasteiger partial charge in [0.2, 0.25) is 23.6 Å². The van der Waals surface area contributed by atoms with Crippen LogP contribution in [0.1, 0.15) is 49.8 Å². The SMILES string of the molecule is CCCC[C@H](NC(=O)[C@@H](N)Cc1c[nH]c2ccccc12)C(=O)N[C@@H](CC(=O)O)C(=O)N[C@@H](C(N)=O)c1ccccc1.Cl. The van der Waals surface area contributed by atoms with Gasteiger partial charge in [-0.1, -0.05) is 68.3 Å². The van der Waals surface area contributed by atoms with Gasteiger partial charge in [0, 0.05) is 17.1 Å². The minimum atomic E-state index is -1.54. The Hall–Kier alpha value is -4.42. The van der Waals surface area contributed by atoms with E-state index in [1.807, 2.05) is 31.2 Å². The Balaban J connectivity index is 0.00000616. The summed E-state index contributed by atoms with van der Waals surface area (Å²) in [6.45, 7) is 1.91. The van der Waals surface area contributed by atoms with Gasteiger partial charge in [0.15, 0.2) is 0 Å². The molecule has 226 valence electrons. The number of aromatic amines is 1. The zero-order valence-electron chi connectivity index (χ0n) is 23.2. The summed E-state index contributed by atoms with van der Waals surface area (Å²) < 4.78 is 0. The molecule has 4 amide bonds. The molecule has 0 fully saturated rings. The number of fused-ring (bicyclic) bond motifs is 1. The number of nitrogens with one attached hydrogen (secondary N) is 4. The summed E-state index contributed by atoms with van der Waals surface area (Å²) >= 11 is 0. The molecule has 9 N–H and O–H groups in total. The normalized spacial score (nSPS) is 13.6. The lowest BCUT2D eigenvalue weighted by Crippen LogP contribution is -2.57. The van der Waals surface area contributed by atoms with E-state index in [9.17, 15) is 29.1 Å². The second kappa shape index (κ2) is 16.1. The molecule has 0 radical (unpaired) electrons. The lowest BCUT2D eigenvalue weighted by atomic mass is 10.0. The summed E-state index contributed by atoms with van der Waals surface area (Å²) in [7, 11) is 0. The lowest BCUT2D eigenvalue weighted by Gasteiger charge is -2.25. The van der Waals surface area contributed by atoms with Crippen molar-refractivity contribution in [3.05, 3.63) is 71.9 Å². The number of carbonyl (C=O) groups excluding carboxylic acids is 4. The highest BCUT2D eigenvalue weighted by molar-refractivity contribution is 5.96. The highest BCUT2D eigenvalue weighted by atomic mass is 35.5. The number of rotatable bonds is 15. The number of halogens is 1. The Bertz CT molecular complexity index is 1380. The van der Waals surface area contributed by atoms with E-state index in [-0.39, 0.29) is 25.2 Å². The van der Waals surface area contributed by atoms with Gasteiger partial charge in [-0.2, -0.15) is 0 Å². The van der Waals surface area contributed by atoms with Crippen LogP contribution in [0.4, 0.5) is 0 Å². The van der Waals surface area contributed by atoms with E-state index < -0.39 is 60.2 Å². The number of unbranched alkanes of at least 4 members (excludes halogenated alkanes) is 1. The first-order valence-electron chi connectivity index (χ1n) is 13.4. The number of aromatic nitrogens is 1. The summed E-state index contributed by atoms with van der Waals surface area (Å²) in [4.78, 5) is 66.0. The van der Waals surface area contributed by atoms with Gasteiger partial charge in [-0.25, -0.2) is 0 Å². The average molecular weight is 601 g/mol. The molecule has 1 heterocycles. The number of carboxylic acids is 1. The van der Waals surface area contributed by atoms with E-state index in [0.29, 0.717) is 12.0 Å². The van der Waals surface area contributed by atoms with E-state index in [2.05, 4.69) is 20.9 Å². The van der Waals surface area contributed by atoms with Crippen LogP contribution in [0.25, 0.3) is 10.9 Å². The quantitative estimate of drug-likeness (QED) is 0.136. The van der Waals surface area contributed by atoms with Gasteiger partial charge in [0.1, 0.15) is 18.1 Å². The van der Waals surface area contributed by atoms with Crippen LogP contribution in [0.5, 0.6) is 0 Å². The largest absolute Gasteiger partial charge is 0.481 e. The van der Waals surface area contributed by atoms with Gasteiger partial charge in [-0.3, -0.25) is 24.0 Å². The van der Waals surface area contributed by atoms with E-state index >= 15 is 0 Å². The monoisotopic (exact) mass is 600 g/mol. The number of benzene rings is 2.